The number of hydrogen-bond acceptors (Lipinski definition) is 10. The third-order valence-corrected chi connectivity index (χ3v) is 5.39. The summed E-state index contributed by atoms with van der Waals surface area (Å²) in [6, 6.07) is 0. The molecule has 1 heterocycles. The molecule has 196 valence electrons. The summed E-state index contributed by atoms with van der Waals surface area (Å²) < 4.78 is 25.8. The molecule has 0 aromatic carbocycles. The Kier molecular flexibility index (Phi) is 14.4. The van der Waals surface area contributed by atoms with Crippen molar-refractivity contribution >= 4 is 23.9 Å². The van der Waals surface area contributed by atoms with E-state index in [1.54, 1.807) is 0 Å². The van der Waals surface area contributed by atoms with Crippen LogP contribution in [0.4, 0.5) is 0 Å². The van der Waals surface area contributed by atoms with E-state index in [1.165, 1.54) is 38.5 Å². The van der Waals surface area contributed by atoms with E-state index in [0.29, 0.717) is 6.42 Å². The molecule has 5 atom stereocenters. The number of hydrogen-bond donors (Lipinski definition) is 1. The van der Waals surface area contributed by atoms with Crippen LogP contribution in [0.15, 0.2) is 0 Å². The quantitative estimate of drug-likeness (QED) is 0.208. The van der Waals surface area contributed by atoms with Crippen LogP contribution in [0.1, 0.15) is 91.9 Å². The van der Waals surface area contributed by atoms with Crippen LogP contribution in [0.5, 0.6) is 0 Å². The highest BCUT2D eigenvalue weighted by Gasteiger charge is 2.54. The minimum Gasteiger partial charge on any atom is -0.464 e. The van der Waals surface area contributed by atoms with Gasteiger partial charge in [-0.25, -0.2) is 4.79 Å². The van der Waals surface area contributed by atoms with E-state index in [0.717, 1.165) is 40.0 Å². The second-order valence-electron chi connectivity index (χ2n) is 8.52. The van der Waals surface area contributed by atoms with Crippen LogP contribution in [0.25, 0.3) is 0 Å². The molecule has 1 aliphatic rings. The van der Waals surface area contributed by atoms with E-state index in [1.807, 2.05) is 0 Å². The first-order valence-corrected chi connectivity index (χ1v) is 12.2. The first-order valence-electron chi connectivity index (χ1n) is 12.2. The van der Waals surface area contributed by atoms with Crippen LogP contribution in [0.3, 0.4) is 0 Å². The monoisotopic (exact) mass is 488 g/mol. The third-order valence-electron chi connectivity index (χ3n) is 5.39. The molecule has 0 bridgehead atoms. The lowest BCUT2D eigenvalue weighted by atomic mass is 9.98. The van der Waals surface area contributed by atoms with Crippen LogP contribution in [0.2, 0.25) is 0 Å². The Morgan fingerprint density at radius 1 is 0.676 bits per heavy atom. The average Bonchev–Trinajstić information content (AvgIpc) is 2.75. The molecule has 0 saturated carbocycles. The molecule has 1 fully saturated rings. The minimum atomic E-state index is -1.80. The zero-order valence-electron chi connectivity index (χ0n) is 20.8. The molecule has 0 aliphatic carbocycles. The van der Waals surface area contributed by atoms with E-state index in [-0.39, 0.29) is 6.61 Å². The normalized spacial score (nSPS) is 24.2. The van der Waals surface area contributed by atoms with Crippen LogP contribution in [-0.4, -0.2) is 66.3 Å². The van der Waals surface area contributed by atoms with Crippen molar-refractivity contribution in [2.24, 2.45) is 0 Å². The lowest BCUT2D eigenvalue weighted by molar-refractivity contribution is -0.290. The van der Waals surface area contributed by atoms with E-state index in [4.69, 9.17) is 23.7 Å². The lowest BCUT2D eigenvalue weighted by Crippen LogP contribution is -2.63. The molecule has 0 aromatic heterocycles. The van der Waals surface area contributed by atoms with Crippen molar-refractivity contribution < 1.29 is 48.0 Å². The predicted molar refractivity (Wildman–Crippen MR) is 120 cm³/mol. The van der Waals surface area contributed by atoms with Crippen LogP contribution < -0.4 is 0 Å². The molecule has 34 heavy (non-hydrogen) atoms. The van der Waals surface area contributed by atoms with Crippen molar-refractivity contribution in [1.29, 1.82) is 0 Å². The van der Waals surface area contributed by atoms with Crippen molar-refractivity contribution in [1.82, 2.24) is 0 Å². The molecule has 0 radical (unpaired) electrons. The molecule has 0 spiro atoms. The lowest BCUT2D eigenvalue weighted by Gasteiger charge is -2.41. The second kappa shape index (κ2) is 16.4. The van der Waals surface area contributed by atoms with Gasteiger partial charge in [0.15, 0.2) is 30.7 Å². The summed E-state index contributed by atoms with van der Waals surface area (Å²) >= 11 is 0. The maximum absolute atomic E-state index is 12.7. The summed E-state index contributed by atoms with van der Waals surface area (Å²) in [5.74, 6) is -3.23. The minimum absolute atomic E-state index is 0.129. The zero-order chi connectivity index (χ0) is 25.5. The molecule has 1 N–H and O–H groups in total. The number of carbonyl (C=O) groups excluding carboxylic acids is 4. The van der Waals surface area contributed by atoms with Crippen molar-refractivity contribution in [3.05, 3.63) is 0 Å². The number of unbranched alkanes of at least 4 members (excludes halogenated alkanes) is 9. The van der Waals surface area contributed by atoms with E-state index in [2.05, 4.69) is 6.92 Å². The number of esters is 4. The van der Waals surface area contributed by atoms with Gasteiger partial charge in [0.25, 0.3) is 0 Å². The fourth-order valence-electron chi connectivity index (χ4n) is 3.82. The molecule has 0 aromatic rings. The van der Waals surface area contributed by atoms with Crippen molar-refractivity contribution in [2.75, 3.05) is 6.61 Å². The van der Waals surface area contributed by atoms with E-state index < -0.39 is 54.6 Å². The molecule has 1 unspecified atom stereocenters. The number of aliphatic hydroxyl groups excluding tert-OH is 1. The number of aliphatic hydroxyl groups is 1. The van der Waals surface area contributed by atoms with Gasteiger partial charge in [-0.1, -0.05) is 64.7 Å². The molecule has 0 amide bonds. The van der Waals surface area contributed by atoms with Gasteiger partial charge in [0.05, 0.1) is 6.61 Å². The fourth-order valence-corrected chi connectivity index (χ4v) is 3.82. The fraction of sp³-hybridized carbons (Fsp3) is 0.833. The maximum atomic E-state index is 12.7. The molecule has 1 saturated heterocycles. The van der Waals surface area contributed by atoms with Crippen molar-refractivity contribution in [3.8, 4) is 0 Å². The molecular weight excluding hydrogens is 448 g/mol. The highest BCUT2D eigenvalue weighted by atomic mass is 16.7. The highest BCUT2D eigenvalue weighted by Crippen LogP contribution is 2.28. The van der Waals surface area contributed by atoms with Gasteiger partial charge in [0, 0.05) is 20.8 Å². The maximum Gasteiger partial charge on any atom is 0.339 e. The highest BCUT2D eigenvalue weighted by molar-refractivity contribution is 5.77. The molecule has 10 heteroatoms. The Balaban J connectivity index is 2.60. The van der Waals surface area contributed by atoms with Gasteiger partial charge in [0.2, 0.25) is 0 Å². The number of carbonyl (C=O) groups is 4. The Morgan fingerprint density at radius 3 is 1.62 bits per heavy atom. The topological polar surface area (TPSA) is 135 Å². The number of rotatable bonds is 15. The van der Waals surface area contributed by atoms with Crippen LogP contribution in [-0.2, 0) is 42.9 Å². The van der Waals surface area contributed by atoms with Gasteiger partial charge in [-0.2, -0.15) is 0 Å². The molecule has 10 nitrogen and oxygen atoms in total. The number of ether oxygens (including phenoxy) is 5. The van der Waals surface area contributed by atoms with Gasteiger partial charge in [0.1, 0.15) is 0 Å². The summed E-state index contributed by atoms with van der Waals surface area (Å²) in [6.07, 6.45) is 3.49. The van der Waals surface area contributed by atoms with Crippen molar-refractivity contribution in [3.63, 3.8) is 0 Å². The summed E-state index contributed by atoms with van der Waals surface area (Å²) in [4.78, 5) is 47.3. The molecule has 1 aliphatic heterocycles. The Bertz CT molecular complexity index is 650. The van der Waals surface area contributed by atoms with Gasteiger partial charge >= 0.3 is 23.9 Å². The first kappa shape index (κ1) is 29.8. The SMILES string of the molecule is CCCCCCCCCCCCOC(=O)[C@H]1OC(O)[C@H](OC(C)=O)[C@@H](OC(C)=O)[C@@H]1OC(C)=O. The Hall–Kier alpha value is -2.20. The van der Waals surface area contributed by atoms with Gasteiger partial charge in [-0.05, 0) is 6.42 Å². The van der Waals surface area contributed by atoms with Gasteiger partial charge in [-0.3, -0.25) is 14.4 Å². The third kappa shape index (κ3) is 11.3. The first-order chi connectivity index (χ1) is 16.2. The average molecular weight is 489 g/mol. The van der Waals surface area contributed by atoms with Crippen LogP contribution in [0, 0.1) is 0 Å². The molecule has 1 rings (SSSR count). The van der Waals surface area contributed by atoms with Crippen LogP contribution >= 0.6 is 0 Å². The summed E-state index contributed by atoms with van der Waals surface area (Å²) in [7, 11) is 0. The molecular formula is C24H40O10. The second-order valence-corrected chi connectivity index (χ2v) is 8.52. The summed E-state index contributed by atoms with van der Waals surface area (Å²) in [6.45, 7) is 5.61. The van der Waals surface area contributed by atoms with E-state index in [9.17, 15) is 24.3 Å². The Labute approximate surface area is 201 Å². The summed E-state index contributed by atoms with van der Waals surface area (Å²) in [5.41, 5.74) is 0. The predicted octanol–water partition coefficient (Wildman–Crippen LogP) is 2.96. The smallest absolute Gasteiger partial charge is 0.339 e. The van der Waals surface area contributed by atoms with Gasteiger partial charge < -0.3 is 28.8 Å². The standard InChI is InChI=1S/C24H40O10/c1-5-6-7-8-9-10-11-12-13-14-15-30-23(28)21-19(31-16(2)25)20(32-17(3)26)22(24(29)34-21)33-18(4)27/h19-22,24,29H,5-15H2,1-4H3/t19-,20-,21-,22+,24?/m0/s1. The van der Waals surface area contributed by atoms with Crippen molar-refractivity contribution in [2.45, 2.75) is 123 Å². The largest absolute Gasteiger partial charge is 0.464 e. The Morgan fingerprint density at radius 2 is 1.12 bits per heavy atom. The van der Waals surface area contributed by atoms with Gasteiger partial charge in [-0.15, -0.1) is 0 Å². The van der Waals surface area contributed by atoms with E-state index >= 15 is 0 Å². The zero-order valence-corrected chi connectivity index (χ0v) is 20.8. The summed E-state index contributed by atoms with van der Waals surface area (Å²) in [5, 5.41) is 10.3.